The number of halogens is 3. The van der Waals surface area contributed by atoms with Gasteiger partial charge in [-0.2, -0.15) is 13.2 Å². The van der Waals surface area contributed by atoms with Crippen LogP contribution in [0.1, 0.15) is 23.8 Å². The number of aliphatic hydroxyl groups is 1. The molecule has 0 aliphatic rings. The lowest BCUT2D eigenvalue weighted by Gasteiger charge is -2.11. The summed E-state index contributed by atoms with van der Waals surface area (Å²) < 4.78 is 42.2. The number of nitrogens with one attached hydrogen (secondary N) is 2. The second-order valence-corrected chi connectivity index (χ2v) is 4.78. The summed E-state index contributed by atoms with van der Waals surface area (Å²) in [5.74, 6) is 0.398. The van der Waals surface area contributed by atoms with E-state index in [2.05, 4.69) is 10.6 Å². The first-order valence-electron chi connectivity index (χ1n) is 6.80. The molecule has 0 saturated carbocycles. The molecule has 23 heavy (non-hydrogen) atoms. The largest absolute Gasteiger partial charge is 0.467 e. The molecule has 2 amide bonds. The molecule has 1 aromatic heterocycles. The Morgan fingerprint density at radius 3 is 2.48 bits per heavy atom. The van der Waals surface area contributed by atoms with E-state index in [4.69, 9.17) is 4.42 Å². The van der Waals surface area contributed by atoms with Gasteiger partial charge < -0.3 is 20.2 Å². The minimum absolute atomic E-state index is 0.175. The lowest BCUT2D eigenvalue weighted by Crippen LogP contribution is -2.30. The van der Waals surface area contributed by atoms with Crippen LogP contribution >= 0.6 is 0 Å². The van der Waals surface area contributed by atoms with Crippen LogP contribution in [0.15, 0.2) is 47.1 Å². The van der Waals surface area contributed by atoms with Gasteiger partial charge in [0, 0.05) is 12.2 Å². The second kappa shape index (κ2) is 7.19. The molecule has 2 rings (SSSR count). The number of carbonyl (C=O) groups excluding carboxylic acids is 1. The van der Waals surface area contributed by atoms with E-state index in [1.807, 2.05) is 0 Å². The average molecular weight is 328 g/mol. The third kappa shape index (κ3) is 5.03. The van der Waals surface area contributed by atoms with Gasteiger partial charge in [0.05, 0.1) is 11.8 Å². The molecule has 0 radical (unpaired) electrons. The number of furan rings is 1. The third-order valence-electron chi connectivity index (χ3n) is 3.05. The summed E-state index contributed by atoms with van der Waals surface area (Å²) in [6, 6.07) is 6.79. The van der Waals surface area contributed by atoms with Crippen molar-refractivity contribution in [2.75, 3.05) is 11.9 Å². The Hall–Kier alpha value is -2.48. The van der Waals surface area contributed by atoms with Crippen LogP contribution in [0.2, 0.25) is 0 Å². The van der Waals surface area contributed by atoms with Crippen molar-refractivity contribution in [1.82, 2.24) is 5.32 Å². The monoisotopic (exact) mass is 328 g/mol. The van der Waals surface area contributed by atoms with Gasteiger partial charge in [0.25, 0.3) is 0 Å². The van der Waals surface area contributed by atoms with Crippen molar-refractivity contribution in [2.24, 2.45) is 0 Å². The van der Waals surface area contributed by atoms with E-state index >= 15 is 0 Å². The topological polar surface area (TPSA) is 74.5 Å². The number of benzene rings is 1. The molecule has 0 aliphatic heterocycles. The number of alkyl halides is 3. The standard InChI is InChI=1S/C15H15F3N2O3/c16-15(17,18)10-3-5-11(6-4-10)20-14(22)19-8-7-12(21)13-2-1-9-23-13/h1-6,9,12,21H,7-8H2,(H2,19,20,22)/t12-/m1/s1. The van der Waals surface area contributed by atoms with Crippen molar-refractivity contribution in [2.45, 2.75) is 18.7 Å². The van der Waals surface area contributed by atoms with E-state index < -0.39 is 23.9 Å². The summed E-state index contributed by atoms with van der Waals surface area (Å²) in [5.41, 5.74) is -0.549. The van der Waals surface area contributed by atoms with Crippen molar-refractivity contribution >= 4 is 11.7 Å². The smallest absolute Gasteiger partial charge is 0.416 e. The van der Waals surface area contributed by atoms with E-state index in [9.17, 15) is 23.1 Å². The summed E-state index contributed by atoms with van der Waals surface area (Å²) in [4.78, 5) is 11.6. The first-order chi connectivity index (χ1) is 10.9. The fraction of sp³-hybridized carbons (Fsp3) is 0.267. The molecular formula is C15H15F3N2O3. The summed E-state index contributed by atoms with van der Waals surface area (Å²) in [6.07, 6.45) is -3.57. The van der Waals surface area contributed by atoms with Gasteiger partial charge >= 0.3 is 12.2 Å². The van der Waals surface area contributed by atoms with Gasteiger partial charge in [0.15, 0.2) is 0 Å². The molecule has 0 unspecified atom stereocenters. The Bertz CT molecular complexity index is 624. The Labute approximate surface area is 130 Å². The molecule has 1 heterocycles. The minimum atomic E-state index is -4.41. The van der Waals surface area contributed by atoms with Gasteiger partial charge in [0.2, 0.25) is 0 Å². The van der Waals surface area contributed by atoms with E-state index in [1.165, 1.54) is 18.4 Å². The molecule has 5 nitrogen and oxygen atoms in total. The molecule has 2 aromatic rings. The molecule has 1 atom stereocenters. The van der Waals surface area contributed by atoms with E-state index in [-0.39, 0.29) is 18.7 Å². The molecule has 0 spiro atoms. The molecular weight excluding hydrogens is 313 g/mol. The van der Waals surface area contributed by atoms with Crippen LogP contribution < -0.4 is 10.6 Å². The average Bonchev–Trinajstić information content (AvgIpc) is 3.01. The molecule has 0 bridgehead atoms. The number of hydrogen-bond donors (Lipinski definition) is 3. The maximum Gasteiger partial charge on any atom is 0.416 e. The number of urea groups is 1. The zero-order valence-electron chi connectivity index (χ0n) is 11.9. The number of amides is 2. The Morgan fingerprint density at radius 2 is 1.91 bits per heavy atom. The fourth-order valence-electron chi connectivity index (χ4n) is 1.86. The van der Waals surface area contributed by atoms with Crippen LogP contribution in [0.5, 0.6) is 0 Å². The summed E-state index contributed by atoms with van der Waals surface area (Å²) >= 11 is 0. The molecule has 8 heteroatoms. The highest BCUT2D eigenvalue weighted by Crippen LogP contribution is 2.29. The molecule has 0 saturated heterocycles. The fourth-order valence-corrected chi connectivity index (χ4v) is 1.86. The Balaban J connectivity index is 1.76. The van der Waals surface area contributed by atoms with Crippen LogP contribution in [0.25, 0.3) is 0 Å². The van der Waals surface area contributed by atoms with Crippen LogP contribution in [0.3, 0.4) is 0 Å². The van der Waals surface area contributed by atoms with Gasteiger partial charge in [0.1, 0.15) is 11.9 Å². The van der Waals surface area contributed by atoms with E-state index in [0.29, 0.717) is 5.76 Å². The van der Waals surface area contributed by atoms with Gasteiger partial charge in [-0.25, -0.2) is 4.79 Å². The van der Waals surface area contributed by atoms with Crippen molar-refractivity contribution in [3.05, 3.63) is 54.0 Å². The molecule has 3 N–H and O–H groups in total. The number of rotatable bonds is 5. The predicted octanol–water partition coefficient (Wildman–Crippen LogP) is 3.54. The summed E-state index contributed by atoms with van der Waals surface area (Å²) in [6.45, 7) is 0.175. The number of anilines is 1. The van der Waals surface area contributed by atoms with Crippen molar-refractivity contribution in [3.8, 4) is 0 Å². The van der Waals surface area contributed by atoms with Crippen LogP contribution in [0.4, 0.5) is 23.7 Å². The quantitative estimate of drug-likeness (QED) is 0.786. The Kier molecular flexibility index (Phi) is 5.28. The van der Waals surface area contributed by atoms with Crippen LogP contribution in [-0.2, 0) is 6.18 Å². The van der Waals surface area contributed by atoms with Gasteiger partial charge in [-0.3, -0.25) is 0 Å². The first kappa shape index (κ1) is 16.9. The van der Waals surface area contributed by atoms with Crippen molar-refractivity contribution in [3.63, 3.8) is 0 Å². The Morgan fingerprint density at radius 1 is 1.22 bits per heavy atom. The normalized spacial score (nSPS) is 12.7. The zero-order valence-corrected chi connectivity index (χ0v) is 11.9. The lowest BCUT2D eigenvalue weighted by molar-refractivity contribution is -0.137. The van der Waals surface area contributed by atoms with E-state index in [1.54, 1.807) is 12.1 Å². The zero-order chi connectivity index (χ0) is 16.9. The predicted molar refractivity (Wildman–Crippen MR) is 76.8 cm³/mol. The molecule has 0 aliphatic carbocycles. The summed E-state index contributed by atoms with van der Waals surface area (Å²) in [5, 5.41) is 14.6. The maximum atomic E-state index is 12.4. The van der Waals surface area contributed by atoms with E-state index in [0.717, 1.165) is 12.1 Å². The third-order valence-corrected chi connectivity index (χ3v) is 3.05. The van der Waals surface area contributed by atoms with Crippen molar-refractivity contribution in [1.29, 1.82) is 0 Å². The summed E-state index contributed by atoms with van der Waals surface area (Å²) in [7, 11) is 0. The number of hydrogen-bond acceptors (Lipinski definition) is 3. The highest BCUT2D eigenvalue weighted by atomic mass is 19.4. The lowest BCUT2D eigenvalue weighted by atomic mass is 10.2. The SMILES string of the molecule is O=C(NCC[C@@H](O)c1ccco1)Nc1ccc(C(F)(F)F)cc1. The van der Waals surface area contributed by atoms with Gasteiger partial charge in [-0.1, -0.05) is 0 Å². The van der Waals surface area contributed by atoms with Crippen molar-refractivity contribution < 1.29 is 27.5 Å². The molecule has 124 valence electrons. The molecule has 0 fully saturated rings. The van der Waals surface area contributed by atoms with Crippen LogP contribution in [-0.4, -0.2) is 17.7 Å². The van der Waals surface area contributed by atoms with Gasteiger partial charge in [-0.15, -0.1) is 0 Å². The molecule has 1 aromatic carbocycles. The van der Waals surface area contributed by atoms with Crippen LogP contribution in [0, 0.1) is 0 Å². The highest BCUT2D eigenvalue weighted by molar-refractivity contribution is 5.89. The number of aliphatic hydroxyl groups excluding tert-OH is 1. The van der Waals surface area contributed by atoms with Gasteiger partial charge in [-0.05, 0) is 42.8 Å². The minimum Gasteiger partial charge on any atom is -0.467 e. The maximum absolute atomic E-state index is 12.4. The highest BCUT2D eigenvalue weighted by Gasteiger charge is 2.29. The first-order valence-corrected chi connectivity index (χ1v) is 6.80. The number of carbonyl (C=O) groups is 1. The second-order valence-electron chi connectivity index (χ2n) is 4.78.